The number of carbonyl (C=O) groups is 3. The number of ketones is 1. The van der Waals surface area contributed by atoms with E-state index in [2.05, 4.69) is 4.74 Å². The third kappa shape index (κ3) is 6.13. The molecule has 1 unspecified atom stereocenters. The number of aliphatic hydroxyl groups is 1. The summed E-state index contributed by atoms with van der Waals surface area (Å²) in [7, 11) is 1.37. The Bertz CT molecular complexity index is 392. The molecule has 0 radical (unpaired) electrons. The molecule has 2 N–H and O–H groups in total. The maximum Gasteiger partial charge on any atom is 0.305 e. The number of carbonyl (C=O) groups excluding carboxylic acids is 2. The third-order valence-corrected chi connectivity index (χ3v) is 4.40. The lowest BCUT2D eigenvalue weighted by Gasteiger charge is -2.20. The number of ether oxygens (including phenoxy) is 1. The number of hydrogen-bond acceptors (Lipinski definition) is 5. The Morgan fingerprint density at radius 1 is 1.14 bits per heavy atom. The highest BCUT2D eigenvalue weighted by molar-refractivity contribution is 5.84. The summed E-state index contributed by atoms with van der Waals surface area (Å²) >= 11 is 0. The van der Waals surface area contributed by atoms with Crippen molar-refractivity contribution in [3.05, 3.63) is 0 Å². The quantitative estimate of drug-likeness (QED) is 0.472. The molecule has 6 heteroatoms. The van der Waals surface area contributed by atoms with Crippen LogP contribution in [0.3, 0.4) is 0 Å². The molecular weight excluding hydrogens is 288 g/mol. The molecule has 0 aromatic heterocycles. The summed E-state index contributed by atoms with van der Waals surface area (Å²) in [6.07, 6.45) is 4.36. The van der Waals surface area contributed by atoms with E-state index in [1.165, 1.54) is 7.11 Å². The van der Waals surface area contributed by atoms with Crippen molar-refractivity contribution in [2.45, 2.75) is 63.9 Å². The van der Waals surface area contributed by atoms with Crippen LogP contribution in [0.5, 0.6) is 0 Å². The first-order chi connectivity index (χ1) is 10.5. The van der Waals surface area contributed by atoms with Gasteiger partial charge in [0.25, 0.3) is 0 Å². The smallest absolute Gasteiger partial charge is 0.305 e. The Balaban J connectivity index is 2.27. The lowest BCUT2D eigenvalue weighted by molar-refractivity contribution is -0.141. The molecule has 1 aliphatic carbocycles. The lowest BCUT2D eigenvalue weighted by atomic mass is 9.86. The number of aliphatic carboxylic acids is 1. The molecule has 1 rings (SSSR count). The topological polar surface area (TPSA) is 101 Å². The van der Waals surface area contributed by atoms with E-state index in [0.717, 1.165) is 25.7 Å². The summed E-state index contributed by atoms with van der Waals surface area (Å²) in [6, 6.07) is 0. The summed E-state index contributed by atoms with van der Waals surface area (Å²) in [5.74, 6) is -1.48. The Labute approximate surface area is 130 Å². The minimum absolute atomic E-state index is 0.00929. The molecule has 0 aromatic carbocycles. The summed E-state index contributed by atoms with van der Waals surface area (Å²) in [4.78, 5) is 33.5. The molecule has 126 valence electrons. The molecule has 1 aliphatic rings. The van der Waals surface area contributed by atoms with Crippen molar-refractivity contribution < 1.29 is 29.3 Å². The van der Waals surface area contributed by atoms with Gasteiger partial charge in [0, 0.05) is 25.2 Å². The van der Waals surface area contributed by atoms with Crippen molar-refractivity contribution in [1.29, 1.82) is 0 Å². The first-order valence-electron chi connectivity index (χ1n) is 7.95. The van der Waals surface area contributed by atoms with Crippen LogP contribution < -0.4 is 0 Å². The summed E-state index contributed by atoms with van der Waals surface area (Å²) in [5.41, 5.74) is 0. The fourth-order valence-corrected chi connectivity index (χ4v) is 3.16. The molecule has 6 nitrogen and oxygen atoms in total. The van der Waals surface area contributed by atoms with Gasteiger partial charge in [0.15, 0.2) is 0 Å². The third-order valence-electron chi connectivity index (χ3n) is 4.40. The second-order valence-electron chi connectivity index (χ2n) is 5.97. The van der Waals surface area contributed by atoms with Gasteiger partial charge in [-0.25, -0.2) is 0 Å². The highest BCUT2D eigenvalue weighted by Crippen LogP contribution is 2.36. The molecule has 0 aliphatic heterocycles. The van der Waals surface area contributed by atoms with Crippen LogP contribution in [-0.2, 0) is 19.1 Å². The first kappa shape index (κ1) is 18.6. The molecular formula is C16H26O6. The van der Waals surface area contributed by atoms with Crippen LogP contribution in [0, 0.1) is 11.8 Å². The molecule has 0 spiro atoms. The number of carboxylic acids is 1. The predicted octanol–water partition coefficient (Wildman–Crippen LogP) is 1.93. The number of aliphatic hydroxyl groups excluding tert-OH is 1. The van der Waals surface area contributed by atoms with Gasteiger partial charge < -0.3 is 14.9 Å². The van der Waals surface area contributed by atoms with Gasteiger partial charge in [-0.05, 0) is 25.2 Å². The molecule has 22 heavy (non-hydrogen) atoms. The Kier molecular flexibility index (Phi) is 8.09. The zero-order valence-corrected chi connectivity index (χ0v) is 13.1. The molecule has 0 saturated heterocycles. The molecule has 1 saturated carbocycles. The minimum Gasteiger partial charge on any atom is -0.481 e. The number of esters is 1. The maximum absolute atomic E-state index is 11.9. The Morgan fingerprint density at radius 3 is 2.45 bits per heavy atom. The molecule has 0 bridgehead atoms. The highest BCUT2D eigenvalue weighted by atomic mass is 16.5. The van der Waals surface area contributed by atoms with Crippen LogP contribution in [0.15, 0.2) is 0 Å². The van der Waals surface area contributed by atoms with Gasteiger partial charge in [0.05, 0.1) is 13.2 Å². The van der Waals surface area contributed by atoms with Crippen molar-refractivity contribution in [2.75, 3.05) is 7.11 Å². The van der Waals surface area contributed by atoms with E-state index in [1.807, 2.05) is 0 Å². The summed E-state index contributed by atoms with van der Waals surface area (Å²) in [5, 5.41) is 18.7. The van der Waals surface area contributed by atoms with Crippen LogP contribution in [0.2, 0.25) is 0 Å². The predicted molar refractivity (Wildman–Crippen MR) is 79.2 cm³/mol. The minimum atomic E-state index is -0.895. The Morgan fingerprint density at radius 2 is 1.82 bits per heavy atom. The van der Waals surface area contributed by atoms with Crippen molar-refractivity contribution in [1.82, 2.24) is 0 Å². The van der Waals surface area contributed by atoms with Gasteiger partial charge >= 0.3 is 11.9 Å². The number of unbranched alkanes of at least 4 members (excludes halogenated alkanes) is 3. The SMILES string of the molecule is COC(=O)CCCCCCC1C(=O)C[C@H](O)[C@H]1CCC(=O)O. The average Bonchev–Trinajstić information content (AvgIpc) is 2.73. The largest absolute Gasteiger partial charge is 0.481 e. The average molecular weight is 314 g/mol. The molecule has 0 amide bonds. The number of methoxy groups -OCH3 is 1. The molecule has 0 heterocycles. The fourth-order valence-electron chi connectivity index (χ4n) is 3.16. The fraction of sp³-hybridized carbons (Fsp3) is 0.812. The van der Waals surface area contributed by atoms with E-state index < -0.39 is 12.1 Å². The zero-order chi connectivity index (χ0) is 16.5. The van der Waals surface area contributed by atoms with E-state index in [4.69, 9.17) is 5.11 Å². The maximum atomic E-state index is 11.9. The van der Waals surface area contributed by atoms with E-state index >= 15 is 0 Å². The number of carboxylic acid groups (broad SMARTS) is 1. The number of hydrogen-bond donors (Lipinski definition) is 2. The van der Waals surface area contributed by atoms with Gasteiger partial charge in [-0.3, -0.25) is 14.4 Å². The summed E-state index contributed by atoms with van der Waals surface area (Å²) < 4.78 is 4.56. The van der Waals surface area contributed by atoms with Gasteiger partial charge in [-0.2, -0.15) is 0 Å². The van der Waals surface area contributed by atoms with Crippen molar-refractivity contribution in [3.63, 3.8) is 0 Å². The molecule has 0 aromatic rings. The van der Waals surface area contributed by atoms with E-state index in [-0.39, 0.29) is 36.4 Å². The summed E-state index contributed by atoms with van der Waals surface area (Å²) in [6.45, 7) is 0. The highest BCUT2D eigenvalue weighted by Gasteiger charge is 2.40. The van der Waals surface area contributed by atoms with Crippen LogP contribution in [0.4, 0.5) is 0 Å². The van der Waals surface area contributed by atoms with Crippen LogP contribution in [0.1, 0.15) is 57.8 Å². The van der Waals surface area contributed by atoms with Crippen LogP contribution in [-0.4, -0.2) is 41.1 Å². The van der Waals surface area contributed by atoms with Gasteiger partial charge in [0.1, 0.15) is 5.78 Å². The lowest BCUT2D eigenvalue weighted by Crippen LogP contribution is -2.21. The van der Waals surface area contributed by atoms with Gasteiger partial charge in [-0.1, -0.05) is 19.3 Å². The second kappa shape index (κ2) is 9.56. The van der Waals surface area contributed by atoms with Crippen LogP contribution in [0.25, 0.3) is 0 Å². The van der Waals surface area contributed by atoms with Crippen molar-refractivity contribution >= 4 is 17.7 Å². The molecule has 1 fully saturated rings. The first-order valence-corrected chi connectivity index (χ1v) is 7.95. The van der Waals surface area contributed by atoms with Crippen molar-refractivity contribution in [3.8, 4) is 0 Å². The Hall–Kier alpha value is -1.43. The zero-order valence-electron chi connectivity index (χ0n) is 13.1. The van der Waals surface area contributed by atoms with Gasteiger partial charge in [0.2, 0.25) is 0 Å². The van der Waals surface area contributed by atoms with E-state index in [0.29, 0.717) is 19.3 Å². The standard InChI is InChI=1S/C16H26O6/c1-22-16(21)7-5-3-2-4-6-11-12(8-9-15(19)20)14(18)10-13(11)17/h11-12,14,18H,2-10H2,1H3,(H,19,20)/t11?,12-,14-/m0/s1. The second-order valence-corrected chi connectivity index (χ2v) is 5.97. The monoisotopic (exact) mass is 314 g/mol. The van der Waals surface area contributed by atoms with E-state index in [9.17, 15) is 19.5 Å². The number of Topliss-reactive ketones (excluding diaryl/α,β-unsaturated/α-hetero) is 1. The van der Waals surface area contributed by atoms with Crippen molar-refractivity contribution in [2.24, 2.45) is 11.8 Å². The van der Waals surface area contributed by atoms with Crippen LogP contribution >= 0.6 is 0 Å². The normalized spacial score (nSPS) is 24.5. The number of rotatable bonds is 10. The molecule has 3 atom stereocenters. The van der Waals surface area contributed by atoms with E-state index in [1.54, 1.807) is 0 Å². The van der Waals surface area contributed by atoms with Gasteiger partial charge in [-0.15, -0.1) is 0 Å².